The van der Waals surface area contributed by atoms with Crippen LogP contribution < -0.4 is 0 Å². The highest BCUT2D eigenvalue weighted by atomic mass is 32.1. The Morgan fingerprint density at radius 3 is 2.88 bits per heavy atom. The number of hydrogen-bond acceptors (Lipinski definition) is 2. The maximum atomic E-state index is 4.03. The fraction of sp³-hybridized carbons (Fsp3) is 0.167. The van der Waals surface area contributed by atoms with E-state index in [1.165, 1.54) is 0 Å². The highest BCUT2D eigenvalue weighted by Gasteiger charge is 1.88. The summed E-state index contributed by atoms with van der Waals surface area (Å²) >= 11 is 1.66. The molecule has 8 heavy (non-hydrogen) atoms. The number of aryl methyl sites for hydroxylation is 1. The molecule has 0 saturated carbocycles. The summed E-state index contributed by atoms with van der Waals surface area (Å²) in [7, 11) is 0. The lowest BCUT2D eigenvalue weighted by Crippen LogP contribution is -1.57. The van der Waals surface area contributed by atoms with Gasteiger partial charge in [-0.15, -0.1) is 11.3 Å². The predicted molar refractivity (Wildman–Crippen MR) is 36.9 cm³/mol. The lowest BCUT2D eigenvalue weighted by Gasteiger charge is -1.71. The van der Waals surface area contributed by atoms with E-state index in [1.807, 2.05) is 19.2 Å². The van der Waals surface area contributed by atoms with Crippen molar-refractivity contribution in [1.82, 2.24) is 4.98 Å². The zero-order valence-corrected chi connectivity index (χ0v) is 5.53. The average molecular weight is 125 g/mol. The lowest BCUT2D eigenvalue weighted by molar-refractivity contribution is 1.30. The molecule has 0 unspecified atom stereocenters. The van der Waals surface area contributed by atoms with Crippen molar-refractivity contribution < 1.29 is 0 Å². The fourth-order valence-electron chi connectivity index (χ4n) is 0.472. The predicted octanol–water partition coefficient (Wildman–Crippen LogP) is 2.09. The standard InChI is InChI=1S/C6H7NS/c1-3-6-4-7-5(2)8-6/h3-4H,1H2,2H3. The van der Waals surface area contributed by atoms with E-state index >= 15 is 0 Å². The SMILES string of the molecule is C=Cc1cnc(C)s1. The topological polar surface area (TPSA) is 12.9 Å². The third kappa shape index (κ3) is 0.954. The zero-order valence-electron chi connectivity index (χ0n) is 4.72. The molecule has 0 fully saturated rings. The quantitative estimate of drug-likeness (QED) is 0.560. The minimum absolute atomic E-state index is 1.10. The van der Waals surface area contributed by atoms with Crippen LogP contribution in [0.1, 0.15) is 9.88 Å². The molecule has 1 heterocycles. The zero-order chi connectivity index (χ0) is 5.98. The summed E-state index contributed by atoms with van der Waals surface area (Å²) in [6, 6.07) is 0. The lowest BCUT2D eigenvalue weighted by atomic mass is 10.5. The van der Waals surface area contributed by atoms with Crippen LogP contribution in [0.15, 0.2) is 12.8 Å². The normalized spacial score (nSPS) is 9.12. The Balaban J connectivity index is 3.00. The third-order valence-corrected chi connectivity index (χ3v) is 1.75. The summed E-state index contributed by atoms with van der Waals surface area (Å²) in [5, 5.41) is 1.10. The van der Waals surface area contributed by atoms with Crippen molar-refractivity contribution in [3.05, 3.63) is 22.7 Å². The van der Waals surface area contributed by atoms with E-state index in [-0.39, 0.29) is 0 Å². The van der Waals surface area contributed by atoms with Gasteiger partial charge in [0.1, 0.15) is 0 Å². The van der Waals surface area contributed by atoms with E-state index in [0.29, 0.717) is 0 Å². The molecule has 1 aromatic heterocycles. The van der Waals surface area contributed by atoms with E-state index in [4.69, 9.17) is 0 Å². The molecule has 1 nitrogen and oxygen atoms in total. The summed E-state index contributed by atoms with van der Waals surface area (Å²) in [5.74, 6) is 0. The molecular weight excluding hydrogens is 118 g/mol. The van der Waals surface area contributed by atoms with Crippen LogP contribution in [-0.4, -0.2) is 4.98 Å². The average Bonchev–Trinajstić information content (AvgIpc) is 2.14. The van der Waals surface area contributed by atoms with Gasteiger partial charge in [0, 0.05) is 11.1 Å². The van der Waals surface area contributed by atoms with Crippen molar-refractivity contribution in [2.24, 2.45) is 0 Å². The Morgan fingerprint density at radius 1 is 1.88 bits per heavy atom. The molecule has 0 N–H and O–H groups in total. The van der Waals surface area contributed by atoms with Crippen molar-refractivity contribution in [2.75, 3.05) is 0 Å². The first kappa shape index (κ1) is 5.51. The Morgan fingerprint density at radius 2 is 2.62 bits per heavy atom. The molecule has 0 aliphatic carbocycles. The van der Waals surface area contributed by atoms with Gasteiger partial charge in [0.15, 0.2) is 0 Å². The van der Waals surface area contributed by atoms with Gasteiger partial charge in [-0.05, 0) is 6.92 Å². The molecular formula is C6H7NS. The first-order valence-corrected chi connectivity index (χ1v) is 3.19. The maximum Gasteiger partial charge on any atom is 0.0900 e. The number of nitrogens with zero attached hydrogens (tertiary/aromatic N) is 1. The molecule has 0 aromatic carbocycles. The van der Waals surface area contributed by atoms with Gasteiger partial charge in [-0.2, -0.15) is 0 Å². The van der Waals surface area contributed by atoms with Crippen LogP contribution in [0.4, 0.5) is 0 Å². The van der Waals surface area contributed by atoms with Gasteiger partial charge in [-0.3, -0.25) is 0 Å². The highest BCUT2D eigenvalue weighted by molar-refractivity contribution is 7.12. The highest BCUT2D eigenvalue weighted by Crippen LogP contribution is 2.11. The second kappa shape index (κ2) is 2.09. The first-order chi connectivity index (χ1) is 3.83. The molecule has 0 atom stereocenters. The van der Waals surface area contributed by atoms with E-state index in [0.717, 1.165) is 9.88 Å². The van der Waals surface area contributed by atoms with Crippen molar-refractivity contribution in [1.29, 1.82) is 0 Å². The van der Waals surface area contributed by atoms with Crippen LogP contribution >= 0.6 is 11.3 Å². The maximum absolute atomic E-state index is 4.03. The van der Waals surface area contributed by atoms with Crippen molar-refractivity contribution in [2.45, 2.75) is 6.92 Å². The largest absolute Gasteiger partial charge is 0.249 e. The van der Waals surface area contributed by atoms with Crippen LogP contribution in [0, 0.1) is 6.92 Å². The Hall–Kier alpha value is -0.630. The molecule has 0 radical (unpaired) electrons. The summed E-state index contributed by atoms with van der Waals surface area (Å²) in [6.45, 7) is 5.60. The van der Waals surface area contributed by atoms with Gasteiger partial charge in [-0.1, -0.05) is 12.7 Å². The van der Waals surface area contributed by atoms with Gasteiger partial charge in [-0.25, -0.2) is 4.98 Å². The molecule has 1 aromatic rings. The van der Waals surface area contributed by atoms with Gasteiger partial charge in [0.2, 0.25) is 0 Å². The molecule has 0 aliphatic rings. The van der Waals surface area contributed by atoms with Gasteiger partial charge >= 0.3 is 0 Å². The third-order valence-electron chi connectivity index (χ3n) is 0.840. The Kier molecular flexibility index (Phi) is 1.44. The Bertz CT molecular complexity index is 190. The molecule has 0 spiro atoms. The summed E-state index contributed by atoms with van der Waals surface area (Å²) in [5.41, 5.74) is 0. The second-order valence-corrected chi connectivity index (χ2v) is 2.75. The van der Waals surface area contributed by atoms with Crippen molar-refractivity contribution in [3.8, 4) is 0 Å². The van der Waals surface area contributed by atoms with Crippen LogP contribution in [0.3, 0.4) is 0 Å². The molecule has 2 heteroatoms. The smallest absolute Gasteiger partial charge is 0.0900 e. The first-order valence-electron chi connectivity index (χ1n) is 2.38. The van der Waals surface area contributed by atoms with Gasteiger partial charge in [0.25, 0.3) is 0 Å². The second-order valence-electron chi connectivity index (χ2n) is 1.49. The minimum atomic E-state index is 1.10. The minimum Gasteiger partial charge on any atom is -0.249 e. The van der Waals surface area contributed by atoms with Gasteiger partial charge < -0.3 is 0 Å². The van der Waals surface area contributed by atoms with E-state index in [9.17, 15) is 0 Å². The number of thiazole rings is 1. The van der Waals surface area contributed by atoms with Crippen molar-refractivity contribution >= 4 is 17.4 Å². The summed E-state index contributed by atoms with van der Waals surface area (Å²) < 4.78 is 0. The van der Waals surface area contributed by atoms with E-state index in [2.05, 4.69) is 11.6 Å². The molecule has 42 valence electrons. The molecule has 1 rings (SSSR count). The number of aromatic nitrogens is 1. The summed E-state index contributed by atoms with van der Waals surface area (Å²) in [6.07, 6.45) is 3.64. The molecule has 0 saturated heterocycles. The molecule has 0 amide bonds. The molecule has 0 aliphatic heterocycles. The number of hydrogen-bond donors (Lipinski definition) is 0. The Labute approximate surface area is 52.7 Å². The summed E-state index contributed by atoms with van der Waals surface area (Å²) in [4.78, 5) is 5.18. The van der Waals surface area contributed by atoms with Crippen LogP contribution in [0.2, 0.25) is 0 Å². The van der Waals surface area contributed by atoms with Crippen molar-refractivity contribution in [3.63, 3.8) is 0 Å². The van der Waals surface area contributed by atoms with Crippen LogP contribution in [-0.2, 0) is 0 Å². The van der Waals surface area contributed by atoms with Crippen LogP contribution in [0.25, 0.3) is 6.08 Å². The monoisotopic (exact) mass is 125 g/mol. The fourth-order valence-corrected chi connectivity index (χ4v) is 1.11. The van der Waals surface area contributed by atoms with Crippen LogP contribution in [0.5, 0.6) is 0 Å². The molecule has 0 bridgehead atoms. The number of rotatable bonds is 1. The van der Waals surface area contributed by atoms with E-state index < -0.39 is 0 Å². The van der Waals surface area contributed by atoms with E-state index in [1.54, 1.807) is 11.3 Å². The van der Waals surface area contributed by atoms with Gasteiger partial charge in [0.05, 0.1) is 5.01 Å².